The number of phenolic OH excluding ortho intramolecular Hbond substituents is 1. The minimum Gasteiger partial charge on any atom is -0.502 e. The first-order chi connectivity index (χ1) is 12.8. The fourth-order valence-corrected chi connectivity index (χ4v) is 4.00. The van der Waals surface area contributed by atoms with Gasteiger partial charge < -0.3 is 14.6 Å². The highest BCUT2D eigenvalue weighted by Crippen LogP contribution is 2.40. The molecule has 1 heterocycles. The van der Waals surface area contributed by atoms with Gasteiger partial charge in [-0.2, -0.15) is 0 Å². The number of anilines is 1. The van der Waals surface area contributed by atoms with Gasteiger partial charge in [-0.05, 0) is 60.9 Å². The second-order valence-corrected chi connectivity index (χ2v) is 7.74. The van der Waals surface area contributed by atoms with Crippen molar-refractivity contribution in [3.05, 3.63) is 51.9 Å². The smallest absolute Gasteiger partial charge is 0.270 e. The molecule has 2 aromatic carbocycles. The largest absolute Gasteiger partial charge is 0.502 e. The number of aryl methyl sites for hydroxylation is 2. The van der Waals surface area contributed by atoms with Crippen molar-refractivity contribution in [2.24, 2.45) is 0 Å². The predicted molar refractivity (Wildman–Crippen MR) is 113 cm³/mol. The Hall–Kier alpha value is -2.51. The second kappa shape index (κ2) is 7.62. The molecule has 1 N–H and O–H groups in total. The molecule has 0 aliphatic carbocycles. The number of rotatable bonds is 4. The maximum Gasteiger partial charge on any atom is 0.270 e. The van der Waals surface area contributed by atoms with Crippen LogP contribution in [0.3, 0.4) is 0 Å². The number of nitrogens with zero attached hydrogens (tertiary/aromatic N) is 1. The van der Waals surface area contributed by atoms with Crippen LogP contribution < -0.4 is 14.4 Å². The lowest BCUT2D eigenvalue weighted by atomic mass is 10.1. The summed E-state index contributed by atoms with van der Waals surface area (Å²) in [6.07, 6.45) is 1.71. The van der Waals surface area contributed by atoms with Crippen molar-refractivity contribution in [2.75, 3.05) is 19.1 Å². The molecule has 0 bridgehead atoms. The van der Waals surface area contributed by atoms with Crippen LogP contribution in [0.4, 0.5) is 5.69 Å². The summed E-state index contributed by atoms with van der Waals surface area (Å²) in [5, 5.41) is 10.0. The summed E-state index contributed by atoms with van der Waals surface area (Å²) in [4.78, 5) is 15.0. The van der Waals surface area contributed by atoms with Crippen LogP contribution >= 0.6 is 24.0 Å². The number of carbonyl (C=O) groups excluding carboxylic acids is 1. The topological polar surface area (TPSA) is 59.0 Å². The number of phenols is 1. The molecule has 1 aliphatic rings. The molecule has 0 unspecified atom stereocenters. The Kier molecular flexibility index (Phi) is 5.43. The van der Waals surface area contributed by atoms with E-state index in [9.17, 15) is 9.90 Å². The number of ether oxygens (including phenoxy) is 2. The van der Waals surface area contributed by atoms with Crippen LogP contribution in [-0.4, -0.2) is 29.6 Å². The zero-order valence-electron chi connectivity index (χ0n) is 15.4. The van der Waals surface area contributed by atoms with E-state index in [1.165, 1.54) is 30.9 Å². The van der Waals surface area contributed by atoms with E-state index in [1.54, 1.807) is 18.2 Å². The van der Waals surface area contributed by atoms with Gasteiger partial charge in [0.15, 0.2) is 15.8 Å². The van der Waals surface area contributed by atoms with Crippen LogP contribution in [-0.2, 0) is 4.79 Å². The Bertz CT molecular complexity index is 943. The van der Waals surface area contributed by atoms with Gasteiger partial charge in [-0.1, -0.05) is 30.0 Å². The molecular weight excluding hydrogens is 382 g/mol. The van der Waals surface area contributed by atoms with E-state index in [0.717, 1.165) is 16.8 Å². The van der Waals surface area contributed by atoms with Gasteiger partial charge in [0.2, 0.25) is 5.75 Å². The zero-order chi connectivity index (χ0) is 19.7. The minimum atomic E-state index is -0.181. The average molecular weight is 402 g/mol. The number of amides is 1. The molecule has 1 saturated heterocycles. The summed E-state index contributed by atoms with van der Waals surface area (Å²) in [5.41, 5.74) is 3.67. The molecule has 140 valence electrons. The highest BCUT2D eigenvalue weighted by molar-refractivity contribution is 8.27. The fraction of sp³-hybridized carbons (Fsp3) is 0.200. The summed E-state index contributed by atoms with van der Waals surface area (Å²) in [5.74, 6) is 0.273. The molecule has 27 heavy (non-hydrogen) atoms. The molecule has 0 atom stereocenters. The first-order valence-electron chi connectivity index (χ1n) is 8.16. The van der Waals surface area contributed by atoms with Crippen LogP contribution in [0.1, 0.15) is 16.7 Å². The summed E-state index contributed by atoms with van der Waals surface area (Å²) in [6.45, 7) is 4.02. The molecule has 3 rings (SSSR count). The summed E-state index contributed by atoms with van der Waals surface area (Å²) in [7, 11) is 2.91. The van der Waals surface area contributed by atoms with E-state index in [-0.39, 0.29) is 23.2 Å². The SMILES string of the molecule is COc1cc(/C=C2/SC(=S)N(c3ccc(C)c(C)c3)C2=O)cc(OC)c1O. The zero-order valence-corrected chi connectivity index (χ0v) is 17.0. The van der Waals surface area contributed by atoms with Gasteiger partial charge in [0.25, 0.3) is 5.91 Å². The number of thioether (sulfide) groups is 1. The standard InChI is InChI=1S/C20H19NO4S2/c1-11-5-6-14(7-12(11)2)21-19(23)17(27-20(21)26)10-13-8-15(24-3)18(22)16(9-13)25-4/h5-10,22H,1-4H3/b17-10+. The second-order valence-electron chi connectivity index (χ2n) is 6.06. The number of thiocarbonyl (C=S) groups is 1. The van der Waals surface area contributed by atoms with Crippen LogP contribution in [0, 0.1) is 13.8 Å². The van der Waals surface area contributed by atoms with Gasteiger partial charge in [0.05, 0.1) is 24.8 Å². The van der Waals surface area contributed by atoms with Crippen LogP contribution in [0.15, 0.2) is 35.2 Å². The van der Waals surface area contributed by atoms with E-state index < -0.39 is 0 Å². The molecule has 7 heteroatoms. The number of benzene rings is 2. The normalized spacial score (nSPS) is 15.6. The van der Waals surface area contributed by atoms with E-state index in [4.69, 9.17) is 21.7 Å². The molecule has 0 spiro atoms. The third-order valence-electron chi connectivity index (χ3n) is 4.34. The lowest BCUT2D eigenvalue weighted by Gasteiger charge is -2.16. The van der Waals surface area contributed by atoms with Gasteiger partial charge in [-0.15, -0.1) is 0 Å². The average Bonchev–Trinajstić information content (AvgIpc) is 2.92. The van der Waals surface area contributed by atoms with Crippen molar-refractivity contribution >= 4 is 46.0 Å². The van der Waals surface area contributed by atoms with Crippen molar-refractivity contribution < 1.29 is 19.4 Å². The Labute approximate surface area is 167 Å². The Morgan fingerprint density at radius 2 is 1.70 bits per heavy atom. The summed E-state index contributed by atoms with van der Waals surface area (Å²) >= 11 is 6.66. The van der Waals surface area contributed by atoms with Crippen LogP contribution in [0.25, 0.3) is 6.08 Å². The molecule has 1 amide bonds. The highest BCUT2D eigenvalue weighted by atomic mass is 32.2. The maximum atomic E-state index is 12.9. The Balaban J connectivity index is 1.98. The predicted octanol–water partition coefficient (Wildman–Crippen LogP) is 4.43. The maximum absolute atomic E-state index is 12.9. The first kappa shape index (κ1) is 19.3. The van der Waals surface area contributed by atoms with Gasteiger partial charge in [0.1, 0.15) is 0 Å². The van der Waals surface area contributed by atoms with Gasteiger partial charge in [0, 0.05) is 0 Å². The van der Waals surface area contributed by atoms with Gasteiger partial charge >= 0.3 is 0 Å². The van der Waals surface area contributed by atoms with Crippen molar-refractivity contribution in [1.29, 1.82) is 0 Å². The van der Waals surface area contributed by atoms with Crippen LogP contribution in [0.2, 0.25) is 0 Å². The van der Waals surface area contributed by atoms with E-state index in [0.29, 0.717) is 14.8 Å². The Morgan fingerprint density at radius 1 is 1.07 bits per heavy atom. The molecule has 1 fully saturated rings. The summed E-state index contributed by atoms with van der Waals surface area (Å²) in [6, 6.07) is 9.10. The number of carbonyl (C=O) groups is 1. The molecule has 0 aromatic heterocycles. The molecule has 5 nitrogen and oxygen atoms in total. The fourth-order valence-electron chi connectivity index (χ4n) is 2.70. The van der Waals surface area contributed by atoms with Gasteiger partial charge in [-0.3, -0.25) is 9.69 Å². The highest BCUT2D eigenvalue weighted by Gasteiger charge is 2.33. The molecular formula is C20H19NO4S2. The lowest BCUT2D eigenvalue weighted by molar-refractivity contribution is -0.113. The molecule has 2 aromatic rings. The van der Waals surface area contributed by atoms with Crippen molar-refractivity contribution in [3.63, 3.8) is 0 Å². The Morgan fingerprint density at radius 3 is 2.26 bits per heavy atom. The van der Waals surface area contributed by atoms with Crippen molar-refractivity contribution in [3.8, 4) is 17.2 Å². The number of methoxy groups -OCH3 is 2. The number of hydrogen-bond acceptors (Lipinski definition) is 6. The minimum absolute atomic E-state index is 0.0835. The van der Waals surface area contributed by atoms with Crippen LogP contribution in [0.5, 0.6) is 17.2 Å². The van der Waals surface area contributed by atoms with E-state index >= 15 is 0 Å². The third kappa shape index (κ3) is 3.65. The molecule has 0 radical (unpaired) electrons. The van der Waals surface area contributed by atoms with E-state index in [1.807, 2.05) is 32.0 Å². The third-order valence-corrected chi connectivity index (χ3v) is 5.64. The van der Waals surface area contributed by atoms with E-state index in [2.05, 4.69) is 0 Å². The van der Waals surface area contributed by atoms with Crippen molar-refractivity contribution in [1.82, 2.24) is 0 Å². The monoisotopic (exact) mass is 401 g/mol. The number of aromatic hydroxyl groups is 1. The number of hydrogen-bond donors (Lipinski definition) is 1. The molecule has 0 saturated carbocycles. The van der Waals surface area contributed by atoms with Gasteiger partial charge in [-0.25, -0.2) is 0 Å². The first-order valence-corrected chi connectivity index (χ1v) is 9.38. The molecule has 1 aliphatic heterocycles. The quantitative estimate of drug-likeness (QED) is 0.604. The lowest BCUT2D eigenvalue weighted by Crippen LogP contribution is -2.27. The summed E-state index contributed by atoms with van der Waals surface area (Å²) < 4.78 is 10.8. The van der Waals surface area contributed by atoms with Crippen molar-refractivity contribution in [2.45, 2.75) is 13.8 Å².